The first-order valence-electron chi connectivity index (χ1n) is 7.81. The number of rotatable bonds is 2. The molecule has 0 unspecified atom stereocenters. The van der Waals surface area contributed by atoms with Gasteiger partial charge >= 0.3 is 0 Å². The van der Waals surface area contributed by atoms with Crippen LogP contribution < -0.4 is 19.7 Å². The van der Waals surface area contributed by atoms with E-state index in [0.717, 1.165) is 4.90 Å². The van der Waals surface area contributed by atoms with Crippen LogP contribution in [0.4, 0.5) is 5.69 Å². The lowest BCUT2D eigenvalue weighted by Gasteiger charge is -2.29. The number of nitrogens with one attached hydrogen (secondary N) is 1. The number of halogens is 3. The van der Waals surface area contributed by atoms with E-state index in [4.69, 9.17) is 44.9 Å². The van der Waals surface area contributed by atoms with Crippen LogP contribution in [0.1, 0.15) is 5.56 Å². The number of ether oxygens (including phenoxy) is 2. The highest BCUT2D eigenvalue weighted by molar-refractivity contribution is 9.10. The summed E-state index contributed by atoms with van der Waals surface area (Å²) in [4.78, 5) is 26.7. The Bertz CT molecular complexity index is 1090. The summed E-state index contributed by atoms with van der Waals surface area (Å²) in [5, 5.41) is 3.08. The van der Waals surface area contributed by atoms with Crippen LogP contribution in [0.15, 0.2) is 40.4 Å². The third-order valence-electron chi connectivity index (χ3n) is 4.04. The van der Waals surface area contributed by atoms with Crippen molar-refractivity contribution in [1.29, 1.82) is 0 Å². The second-order valence-electron chi connectivity index (χ2n) is 5.78. The van der Waals surface area contributed by atoms with E-state index in [1.165, 1.54) is 12.1 Å². The van der Waals surface area contributed by atoms with Crippen molar-refractivity contribution in [2.75, 3.05) is 11.7 Å². The van der Waals surface area contributed by atoms with Crippen LogP contribution in [0, 0.1) is 0 Å². The number of thiocarbonyl (C=S) groups is 1. The number of hydrogen-bond donors (Lipinski definition) is 1. The lowest BCUT2D eigenvalue weighted by Crippen LogP contribution is -2.54. The van der Waals surface area contributed by atoms with Gasteiger partial charge in [0.15, 0.2) is 16.6 Å². The molecule has 1 fully saturated rings. The summed E-state index contributed by atoms with van der Waals surface area (Å²) in [5.74, 6) is -0.125. The minimum atomic E-state index is -0.610. The van der Waals surface area contributed by atoms with E-state index in [1.807, 2.05) is 0 Å². The molecule has 2 heterocycles. The van der Waals surface area contributed by atoms with Gasteiger partial charge in [-0.05, 0) is 54.2 Å². The number of amides is 2. The van der Waals surface area contributed by atoms with Gasteiger partial charge < -0.3 is 9.47 Å². The molecule has 2 aliphatic rings. The van der Waals surface area contributed by atoms with Crippen molar-refractivity contribution in [2.45, 2.75) is 0 Å². The van der Waals surface area contributed by atoms with Crippen molar-refractivity contribution in [3.63, 3.8) is 0 Å². The monoisotopic (exact) mass is 498 g/mol. The quantitative estimate of drug-likeness (QED) is 0.378. The zero-order valence-electron chi connectivity index (χ0n) is 13.8. The summed E-state index contributed by atoms with van der Waals surface area (Å²) in [5.41, 5.74) is 0.772. The number of fused-ring (bicyclic) bond motifs is 1. The highest BCUT2D eigenvalue weighted by Gasteiger charge is 2.35. The van der Waals surface area contributed by atoms with Crippen molar-refractivity contribution < 1.29 is 19.1 Å². The lowest BCUT2D eigenvalue weighted by atomic mass is 10.1. The molecule has 2 aromatic carbocycles. The van der Waals surface area contributed by atoms with Crippen LogP contribution in [0.25, 0.3) is 6.08 Å². The highest BCUT2D eigenvalue weighted by Crippen LogP contribution is 2.38. The molecule has 28 heavy (non-hydrogen) atoms. The molecule has 0 radical (unpaired) electrons. The summed E-state index contributed by atoms with van der Waals surface area (Å²) in [6.07, 6.45) is 1.45. The fourth-order valence-corrected chi connectivity index (χ4v) is 3.94. The van der Waals surface area contributed by atoms with Crippen molar-refractivity contribution in [3.05, 3.63) is 56.0 Å². The Balaban J connectivity index is 1.77. The van der Waals surface area contributed by atoms with Crippen LogP contribution in [0.5, 0.6) is 11.5 Å². The van der Waals surface area contributed by atoms with E-state index in [2.05, 4.69) is 21.2 Å². The smallest absolute Gasteiger partial charge is 0.270 e. The second-order valence-corrected chi connectivity index (χ2v) is 7.87. The number of benzene rings is 2. The Kier molecular flexibility index (Phi) is 5.05. The van der Waals surface area contributed by atoms with E-state index in [-0.39, 0.29) is 22.5 Å². The van der Waals surface area contributed by atoms with Gasteiger partial charge in [0.1, 0.15) is 5.57 Å². The molecule has 2 amide bonds. The van der Waals surface area contributed by atoms with E-state index in [0.29, 0.717) is 32.2 Å². The lowest BCUT2D eigenvalue weighted by molar-refractivity contribution is -0.122. The highest BCUT2D eigenvalue weighted by atomic mass is 79.9. The van der Waals surface area contributed by atoms with Crippen molar-refractivity contribution in [1.82, 2.24) is 5.32 Å². The number of carbonyl (C=O) groups is 2. The number of anilines is 1. The fourth-order valence-electron chi connectivity index (χ4n) is 2.74. The van der Waals surface area contributed by atoms with Crippen LogP contribution in [-0.2, 0) is 9.59 Å². The van der Waals surface area contributed by atoms with E-state index >= 15 is 0 Å². The van der Waals surface area contributed by atoms with E-state index in [1.54, 1.807) is 24.3 Å². The predicted molar refractivity (Wildman–Crippen MR) is 113 cm³/mol. The normalized spacial score (nSPS) is 17.3. The molecule has 0 spiro atoms. The van der Waals surface area contributed by atoms with Gasteiger partial charge in [0.25, 0.3) is 11.8 Å². The Morgan fingerprint density at radius 2 is 1.86 bits per heavy atom. The zero-order valence-corrected chi connectivity index (χ0v) is 17.7. The average molecular weight is 500 g/mol. The second kappa shape index (κ2) is 7.36. The molecule has 6 nitrogen and oxygen atoms in total. The number of nitrogens with zero attached hydrogens (tertiary/aromatic N) is 1. The number of carbonyl (C=O) groups excluding carboxylic acids is 2. The Labute approximate surface area is 183 Å². The molecule has 0 atom stereocenters. The third-order valence-corrected chi connectivity index (χ3v) is 5.55. The molecule has 2 aromatic rings. The summed E-state index contributed by atoms with van der Waals surface area (Å²) in [6, 6.07) is 8.00. The topological polar surface area (TPSA) is 67.9 Å². The molecule has 0 saturated carbocycles. The maximum Gasteiger partial charge on any atom is 0.270 e. The van der Waals surface area contributed by atoms with Gasteiger partial charge in [-0.1, -0.05) is 39.1 Å². The molecular formula is C18H9BrCl2N2O4S. The van der Waals surface area contributed by atoms with Crippen LogP contribution >= 0.6 is 51.3 Å². The zero-order chi connectivity index (χ0) is 20.0. The van der Waals surface area contributed by atoms with E-state index in [9.17, 15) is 9.59 Å². The van der Waals surface area contributed by atoms with Gasteiger partial charge in [-0.25, -0.2) is 0 Å². The van der Waals surface area contributed by atoms with Crippen molar-refractivity contribution >= 4 is 80.0 Å². The molecule has 142 valence electrons. The molecule has 10 heteroatoms. The summed E-state index contributed by atoms with van der Waals surface area (Å²) < 4.78 is 11.3. The minimum Gasteiger partial charge on any atom is -0.454 e. The minimum absolute atomic E-state index is 0.0684. The van der Waals surface area contributed by atoms with Crippen molar-refractivity contribution in [3.8, 4) is 11.5 Å². The average Bonchev–Trinajstić information content (AvgIpc) is 3.07. The fraction of sp³-hybridized carbons (Fsp3) is 0.0556. The maximum absolute atomic E-state index is 13.1. The van der Waals surface area contributed by atoms with Crippen molar-refractivity contribution in [2.24, 2.45) is 0 Å². The van der Waals surface area contributed by atoms with Crippen LogP contribution in [0.3, 0.4) is 0 Å². The molecule has 2 aliphatic heterocycles. The Morgan fingerprint density at radius 1 is 1.14 bits per heavy atom. The first-order valence-corrected chi connectivity index (χ1v) is 9.76. The largest absolute Gasteiger partial charge is 0.454 e. The predicted octanol–water partition coefficient (Wildman–Crippen LogP) is 4.32. The van der Waals surface area contributed by atoms with Gasteiger partial charge in [0.05, 0.1) is 10.7 Å². The molecular weight excluding hydrogens is 491 g/mol. The number of hydrogen-bond acceptors (Lipinski definition) is 5. The van der Waals surface area contributed by atoms with Gasteiger partial charge in [-0.2, -0.15) is 0 Å². The first-order chi connectivity index (χ1) is 13.3. The Morgan fingerprint density at radius 3 is 2.57 bits per heavy atom. The summed E-state index contributed by atoms with van der Waals surface area (Å²) >= 11 is 20.7. The molecule has 4 rings (SSSR count). The molecule has 0 bridgehead atoms. The standard InChI is InChI=1S/C18H9BrCl2N2O4S/c19-11-6-15-14(26-7-27-15)4-8(11)3-10-16(24)22-18(28)23(17(10)25)13-2-1-9(20)5-12(13)21/h1-6H,7H2,(H,22,24,28). The molecule has 0 aromatic heterocycles. The SMILES string of the molecule is O=C1NC(=S)N(c2ccc(Cl)cc2Cl)C(=O)C1=Cc1cc2c(cc1Br)OCO2. The van der Waals surface area contributed by atoms with Gasteiger partial charge in [0.2, 0.25) is 6.79 Å². The van der Waals surface area contributed by atoms with E-state index < -0.39 is 11.8 Å². The van der Waals surface area contributed by atoms with Crippen LogP contribution in [-0.4, -0.2) is 23.7 Å². The van der Waals surface area contributed by atoms with Crippen LogP contribution in [0.2, 0.25) is 10.0 Å². The van der Waals surface area contributed by atoms with Gasteiger partial charge in [0, 0.05) is 9.50 Å². The maximum atomic E-state index is 13.1. The summed E-state index contributed by atoms with van der Waals surface area (Å²) in [6.45, 7) is 0.109. The first kappa shape index (κ1) is 19.2. The molecule has 1 N–H and O–H groups in total. The molecule has 1 saturated heterocycles. The van der Waals surface area contributed by atoms with Gasteiger partial charge in [-0.3, -0.25) is 19.8 Å². The third kappa shape index (κ3) is 3.37. The summed E-state index contributed by atoms with van der Waals surface area (Å²) in [7, 11) is 0. The molecule has 0 aliphatic carbocycles. The van der Waals surface area contributed by atoms with Gasteiger partial charge in [-0.15, -0.1) is 0 Å². The Hall–Kier alpha value is -2.13.